The van der Waals surface area contributed by atoms with Crippen molar-refractivity contribution in [2.45, 2.75) is 32.4 Å². The van der Waals surface area contributed by atoms with E-state index >= 15 is 0 Å². The van der Waals surface area contributed by atoms with E-state index in [1.807, 2.05) is 27.0 Å². The van der Waals surface area contributed by atoms with Gasteiger partial charge in [-0.3, -0.25) is 4.79 Å². The highest BCUT2D eigenvalue weighted by Crippen LogP contribution is 2.24. The zero-order chi connectivity index (χ0) is 14.7. The summed E-state index contributed by atoms with van der Waals surface area (Å²) in [5, 5.41) is 3.13. The average Bonchev–Trinajstić information content (AvgIpc) is 2.85. The van der Waals surface area contributed by atoms with Crippen LogP contribution in [0.15, 0.2) is 16.7 Å². The molecule has 2 rings (SSSR count). The van der Waals surface area contributed by atoms with Crippen LogP contribution in [-0.4, -0.2) is 48.1 Å². The molecular weight excluding hydrogens is 322 g/mol. The molecule has 2 unspecified atom stereocenters. The van der Waals surface area contributed by atoms with E-state index in [-0.39, 0.29) is 18.1 Å². The van der Waals surface area contributed by atoms with Gasteiger partial charge in [0.1, 0.15) is 5.82 Å². The molecule has 1 amide bonds. The number of halogens is 1. The lowest BCUT2D eigenvalue weighted by Crippen LogP contribution is -2.41. The Hall–Kier alpha value is -1.14. The molecule has 0 bridgehead atoms. The van der Waals surface area contributed by atoms with Crippen LogP contribution >= 0.6 is 15.9 Å². The van der Waals surface area contributed by atoms with Crippen molar-refractivity contribution >= 4 is 27.7 Å². The monoisotopic (exact) mass is 341 g/mol. The van der Waals surface area contributed by atoms with Gasteiger partial charge < -0.3 is 15.0 Å². The first kappa shape index (κ1) is 15.3. The molecule has 1 aromatic heterocycles. The van der Waals surface area contributed by atoms with Crippen molar-refractivity contribution in [3.05, 3.63) is 22.3 Å². The highest BCUT2D eigenvalue weighted by atomic mass is 79.9. The van der Waals surface area contributed by atoms with Gasteiger partial charge in [0.15, 0.2) is 0 Å². The van der Waals surface area contributed by atoms with Gasteiger partial charge in [0.2, 0.25) is 0 Å². The van der Waals surface area contributed by atoms with Gasteiger partial charge in [-0.05, 0) is 42.3 Å². The number of nitrogens with zero attached hydrogens (tertiary/aromatic N) is 2. The third kappa shape index (κ3) is 3.12. The van der Waals surface area contributed by atoms with E-state index in [1.165, 1.54) is 0 Å². The van der Waals surface area contributed by atoms with Crippen molar-refractivity contribution in [1.29, 1.82) is 0 Å². The van der Waals surface area contributed by atoms with Gasteiger partial charge in [-0.25, -0.2) is 4.98 Å². The molecule has 1 saturated heterocycles. The lowest BCUT2D eigenvalue weighted by molar-refractivity contribution is 0.0575. The minimum Gasteiger partial charge on any atom is -0.376 e. The number of aromatic nitrogens is 1. The van der Waals surface area contributed by atoms with E-state index in [0.717, 1.165) is 17.4 Å². The Balaban J connectivity index is 2.25. The maximum atomic E-state index is 12.7. The number of rotatable bonds is 4. The molecule has 2 atom stereocenters. The summed E-state index contributed by atoms with van der Waals surface area (Å²) in [7, 11) is 1.83. The van der Waals surface area contributed by atoms with Crippen molar-refractivity contribution in [2.75, 3.05) is 25.5 Å². The Labute approximate surface area is 127 Å². The van der Waals surface area contributed by atoms with E-state index in [9.17, 15) is 4.79 Å². The molecule has 1 aromatic rings. The summed E-state index contributed by atoms with van der Waals surface area (Å²) >= 11 is 3.37. The molecule has 0 spiro atoms. The number of pyridine rings is 1. The molecule has 20 heavy (non-hydrogen) atoms. The highest BCUT2D eigenvalue weighted by Gasteiger charge is 2.32. The maximum absolute atomic E-state index is 12.7. The summed E-state index contributed by atoms with van der Waals surface area (Å²) in [6, 6.07) is 1.93. The van der Waals surface area contributed by atoms with Crippen LogP contribution in [0.25, 0.3) is 0 Å². The predicted octanol–water partition coefficient (Wildman–Crippen LogP) is 2.53. The summed E-state index contributed by atoms with van der Waals surface area (Å²) in [4.78, 5) is 18.7. The maximum Gasteiger partial charge on any atom is 0.257 e. The Bertz CT molecular complexity index is 495. The third-order valence-electron chi connectivity index (χ3n) is 3.58. The van der Waals surface area contributed by atoms with Crippen molar-refractivity contribution in [2.24, 2.45) is 0 Å². The second-order valence-electron chi connectivity index (χ2n) is 4.93. The fourth-order valence-electron chi connectivity index (χ4n) is 2.48. The van der Waals surface area contributed by atoms with E-state index in [1.54, 1.807) is 11.1 Å². The van der Waals surface area contributed by atoms with Crippen molar-refractivity contribution < 1.29 is 9.53 Å². The number of ether oxygens (including phenoxy) is 1. The van der Waals surface area contributed by atoms with Gasteiger partial charge in [0.25, 0.3) is 5.91 Å². The minimum absolute atomic E-state index is 0.0305. The Morgan fingerprint density at radius 1 is 1.65 bits per heavy atom. The molecule has 5 nitrogen and oxygen atoms in total. The quantitative estimate of drug-likeness (QED) is 0.914. The van der Waals surface area contributed by atoms with Gasteiger partial charge in [-0.15, -0.1) is 0 Å². The number of likely N-dealkylation sites (N-methyl/N-ethyl adjacent to an activating group) is 1. The standard InChI is InChI=1S/C14H20BrN3O2/c1-4-16-13-11(7-10(15)8-17-13)14(19)18(3)12-5-6-20-9(12)2/h7-9,12H,4-6H2,1-3H3,(H,16,17). The molecule has 0 aromatic carbocycles. The SMILES string of the molecule is CCNc1ncc(Br)cc1C(=O)N(C)C1CCOC1C. The molecule has 6 heteroatoms. The number of hydrogen-bond donors (Lipinski definition) is 1. The summed E-state index contributed by atoms with van der Waals surface area (Å²) in [5.41, 5.74) is 0.586. The molecule has 1 aliphatic rings. The van der Waals surface area contributed by atoms with Crippen molar-refractivity contribution in [3.8, 4) is 0 Å². The average molecular weight is 342 g/mol. The third-order valence-corrected chi connectivity index (χ3v) is 4.02. The molecule has 0 aliphatic carbocycles. The van der Waals surface area contributed by atoms with Crippen LogP contribution in [-0.2, 0) is 4.74 Å². The van der Waals surface area contributed by atoms with Crippen LogP contribution in [0, 0.1) is 0 Å². The zero-order valence-corrected chi connectivity index (χ0v) is 13.6. The van der Waals surface area contributed by atoms with Crippen LogP contribution in [0.2, 0.25) is 0 Å². The second kappa shape index (κ2) is 6.54. The number of carbonyl (C=O) groups is 1. The fraction of sp³-hybridized carbons (Fsp3) is 0.571. The Morgan fingerprint density at radius 2 is 2.40 bits per heavy atom. The Kier molecular flexibility index (Phi) is 4.99. The molecule has 110 valence electrons. The highest BCUT2D eigenvalue weighted by molar-refractivity contribution is 9.10. The van der Waals surface area contributed by atoms with Gasteiger partial charge >= 0.3 is 0 Å². The number of amides is 1. The first-order valence-electron chi connectivity index (χ1n) is 6.82. The van der Waals surface area contributed by atoms with Crippen LogP contribution in [0.4, 0.5) is 5.82 Å². The largest absolute Gasteiger partial charge is 0.376 e. The number of carbonyl (C=O) groups excluding carboxylic acids is 1. The number of anilines is 1. The van der Waals surface area contributed by atoms with E-state index in [2.05, 4.69) is 26.2 Å². The zero-order valence-electron chi connectivity index (χ0n) is 12.0. The van der Waals surface area contributed by atoms with Gasteiger partial charge in [-0.1, -0.05) is 0 Å². The van der Waals surface area contributed by atoms with Crippen LogP contribution in [0.1, 0.15) is 30.6 Å². The molecule has 1 N–H and O–H groups in total. The van der Waals surface area contributed by atoms with Gasteiger partial charge in [-0.2, -0.15) is 0 Å². The van der Waals surface area contributed by atoms with Gasteiger partial charge in [0, 0.05) is 30.9 Å². The van der Waals surface area contributed by atoms with Crippen LogP contribution in [0.5, 0.6) is 0 Å². The first-order valence-corrected chi connectivity index (χ1v) is 7.62. The number of nitrogens with one attached hydrogen (secondary N) is 1. The van der Waals surface area contributed by atoms with Crippen molar-refractivity contribution in [3.63, 3.8) is 0 Å². The normalized spacial score (nSPS) is 21.8. The van der Waals surface area contributed by atoms with E-state index in [4.69, 9.17) is 4.74 Å². The fourth-order valence-corrected chi connectivity index (χ4v) is 2.81. The van der Waals surface area contributed by atoms with Gasteiger partial charge in [0.05, 0.1) is 17.7 Å². The Morgan fingerprint density at radius 3 is 3.00 bits per heavy atom. The number of hydrogen-bond acceptors (Lipinski definition) is 4. The second-order valence-corrected chi connectivity index (χ2v) is 5.84. The van der Waals surface area contributed by atoms with Crippen LogP contribution in [0.3, 0.4) is 0 Å². The lowest BCUT2D eigenvalue weighted by atomic mass is 10.1. The topological polar surface area (TPSA) is 54.5 Å². The summed E-state index contributed by atoms with van der Waals surface area (Å²) in [6.45, 7) is 5.42. The predicted molar refractivity (Wildman–Crippen MR) is 82.0 cm³/mol. The molecule has 1 aliphatic heterocycles. The summed E-state index contributed by atoms with van der Waals surface area (Å²) < 4.78 is 6.34. The molecule has 1 fully saturated rings. The molecule has 0 radical (unpaired) electrons. The molecular formula is C14H20BrN3O2. The summed E-state index contributed by atoms with van der Waals surface area (Å²) in [6.07, 6.45) is 2.64. The van der Waals surface area contributed by atoms with E-state index < -0.39 is 0 Å². The molecule has 0 saturated carbocycles. The van der Waals surface area contributed by atoms with Crippen molar-refractivity contribution in [1.82, 2.24) is 9.88 Å². The minimum atomic E-state index is -0.0305. The van der Waals surface area contributed by atoms with Crippen LogP contribution < -0.4 is 5.32 Å². The molecule has 2 heterocycles. The van der Waals surface area contributed by atoms with E-state index in [0.29, 0.717) is 18.0 Å². The lowest BCUT2D eigenvalue weighted by Gasteiger charge is -2.27. The summed E-state index contributed by atoms with van der Waals surface area (Å²) in [5.74, 6) is 0.594. The first-order chi connectivity index (χ1) is 9.54. The smallest absolute Gasteiger partial charge is 0.257 e.